The molecule has 3 unspecified atom stereocenters. The molecule has 1 aromatic rings. The van der Waals surface area contributed by atoms with E-state index < -0.39 is 17.8 Å². The van der Waals surface area contributed by atoms with Gasteiger partial charge in [-0.1, -0.05) is 0 Å². The van der Waals surface area contributed by atoms with Crippen molar-refractivity contribution < 1.29 is 24.2 Å². The molecule has 2 fully saturated rings. The molecule has 0 bridgehead atoms. The highest BCUT2D eigenvalue weighted by molar-refractivity contribution is 5.96. The summed E-state index contributed by atoms with van der Waals surface area (Å²) >= 11 is 0. The zero-order valence-electron chi connectivity index (χ0n) is 12.2. The highest BCUT2D eigenvalue weighted by atomic mass is 16.5. The van der Waals surface area contributed by atoms with Crippen LogP contribution in [-0.2, 0) is 14.3 Å². The van der Waals surface area contributed by atoms with Crippen molar-refractivity contribution in [2.24, 2.45) is 11.8 Å². The largest absolute Gasteiger partial charge is 0.488 e. The maximum Gasteiger partial charge on any atom is 0.307 e. The zero-order chi connectivity index (χ0) is 15.5. The lowest BCUT2D eigenvalue weighted by atomic mass is 9.73. The van der Waals surface area contributed by atoms with Crippen molar-refractivity contribution in [2.75, 3.05) is 18.5 Å². The van der Waals surface area contributed by atoms with Crippen LogP contribution < -0.4 is 10.1 Å². The fourth-order valence-electron chi connectivity index (χ4n) is 2.76. The highest BCUT2D eigenvalue weighted by Crippen LogP contribution is 2.35. The van der Waals surface area contributed by atoms with Crippen molar-refractivity contribution in [1.29, 1.82) is 0 Å². The maximum absolute atomic E-state index is 12.1. The smallest absolute Gasteiger partial charge is 0.307 e. The van der Waals surface area contributed by atoms with Gasteiger partial charge in [0.25, 0.3) is 0 Å². The Kier molecular flexibility index (Phi) is 4.29. The van der Waals surface area contributed by atoms with Crippen molar-refractivity contribution in [3.63, 3.8) is 0 Å². The summed E-state index contributed by atoms with van der Waals surface area (Å²) in [6.07, 6.45) is 2.18. The molecule has 1 amide bonds. The number of carboxylic acid groups (broad SMARTS) is 1. The minimum atomic E-state index is -0.895. The van der Waals surface area contributed by atoms with E-state index in [1.54, 1.807) is 24.3 Å². The number of aliphatic carboxylic acids is 1. The number of amides is 1. The Morgan fingerprint density at radius 2 is 1.86 bits per heavy atom. The standard InChI is InChI=1S/C16H19NO5/c18-15(13-5-6-14(13)16(19)20)17-10-1-3-11(4-2-10)22-12-7-8-21-9-12/h1-4,12-14H,5-9H2,(H,17,18)(H,19,20). The maximum atomic E-state index is 12.1. The molecule has 1 saturated carbocycles. The van der Waals surface area contributed by atoms with Gasteiger partial charge < -0.3 is 19.9 Å². The van der Waals surface area contributed by atoms with Crippen molar-refractivity contribution in [3.05, 3.63) is 24.3 Å². The summed E-state index contributed by atoms with van der Waals surface area (Å²) in [7, 11) is 0. The van der Waals surface area contributed by atoms with Crippen LogP contribution in [0.15, 0.2) is 24.3 Å². The van der Waals surface area contributed by atoms with E-state index in [-0.39, 0.29) is 12.0 Å². The first-order chi connectivity index (χ1) is 10.6. The summed E-state index contributed by atoms with van der Waals surface area (Å²) < 4.78 is 11.0. The van der Waals surface area contributed by atoms with Gasteiger partial charge >= 0.3 is 5.97 Å². The Bertz CT molecular complexity index is 550. The van der Waals surface area contributed by atoms with E-state index in [0.717, 1.165) is 18.8 Å². The van der Waals surface area contributed by atoms with E-state index in [4.69, 9.17) is 14.6 Å². The monoisotopic (exact) mass is 305 g/mol. The number of hydrogen-bond donors (Lipinski definition) is 2. The van der Waals surface area contributed by atoms with Crippen molar-refractivity contribution in [3.8, 4) is 5.75 Å². The summed E-state index contributed by atoms with van der Waals surface area (Å²) in [6, 6.07) is 7.11. The number of anilines is 1. The number of ether oxygens (including phenoxy) is 2. The number of hydrogen-bond acceptors (Lipinski definition) is 4. The lowest BCUT2D eigenvalue weighted by Gasteiger charge is -2.31. The third kappa shape index (κ3) is 3.22. The molecule has 0 aromatic heterocycles. The predicted molar refractivity (Wildman–Crippen MR) is 78.8 cm³/mol. The molecule has 6 heteroatoms. The van der Waals surface area contributed by atoms with Crippen molar-refractivity contribution in [2.45, 2.75) is 25.4 Å². The summed E-state index contributed by atoms with van der Waals surface area (Å²) in [5, 5.41) is 11.8. The van der Waals surface area contributed by atoms with Gasteiger partial charge in [-0.3, -0.25) is 9.59 Å². The highest BCUT2D eigenvalue weighted by Gasteiger charge is 2.41. The SMILES string of the molecule is O=C(O)C1CCC1C(=O)Nc1ccc(OC2CCOC2)cc1. The summed E-state index contributed by atoms with van der Waals surface area (Å²) in [5.74, 6) is -1.36. The quantitative estimate of drug-likeness (QED) is 0.868. The molecule has 0 radical (unpaired) electrons. The summed E-state index contributed by atoms with van der Waals surface area (Å²) in [4.78, 5) is 23.0. The lowest BCUT2D eigenvalue weighted by molar-refractivity contribution is -0.151. The Labute approximate surface area is 128 Å². The Hall–Kier alpha value is -2.08. The summed E-state index contributed by atoms with van der Waals surface area (Å²) in [6.45, 7) is 1.34. The molecule has 3 atom stereocenters. The average molecular weight is 305 g/mol. The third-order valence-electron chi connectivity index (χ3n) is 4.24. The first kappa shape index (κ1) is 14.8. The Balaban J connectivity index is 1.54. The molecule has 1 saturated heterocycles. The number of carbonyl (C=O) groups is 2. The van der Waals surface area contributed by atoms with Gasteiger partial charge in [-0.2, -0.15) is 0 Å². The van der Waals surface area contributed by atoms with Crippen LogP contribution in [0.2, 0.25) is 0 Å². The van der Waals surface area contributed by atoms with Gasteiger partial charge in [0.2, 0.25) is 5.91 Å². The van der Waals surface area contributed by atoms with E-state index in [0.29, 0.717) is 25.1 Å². The van der Waals surface area contributed by atoms with Crippen LogP contribution in [-0.4, -0.2) is 36.3 Å². The van der Waals surface area contributed by atoms with Crippen LogP contribution in [0, 0.1) is 11.8 Å². The van der Waals surface area contributed by atoms with Crippen LogP contribution in [0.1, 0.15) is 19.3 Å². The van der Waals surface area contributed by atoms with Crippen LogP contribution in [0.25, 0.3) is 0 Å². The molecular weight excluding hydrogens is 286 g/mol. The van der Waals surface area contributed by atoms with Gasteiger partial charge in [-0.15, -0.1) is 0 Å². The van der Waals surface area contributed by atoms with E-state index >= 15 is 0 Å². The van der Waals surface area contributed by atoms with E-state index in [9.17, 15) is 9.59 Å². The van der Waals surface area contributed by atoms with Gasteiger partial charge in [-0.25, -0.2) is 0 Å². The third-order valence-corrected chi connectivity index (χ3v) is 4.24. The van der Waals surface area contributed by atoms with Gasteiger partial charge in [0.1, 0.15) is 11.9 Å². The predicted octanol–water partition coefficient (Wildman–Crippen LogP) is 1.90. The van der Waals surface area contributed by atoms with E-state index in [1.165, 1.54) is 0 Å². The molecule has 3 rings (SSSR count). The first-order valence-corrected chi connectivity index (χ1v) is 7.51. The van der Waals surface area contributed by atoms with Crippen LogP contribution in [0.4, 0.5) is 5.69 Å². The molecule has 1 aromatic carbocycles. The Morgan fingerprint density at radius 3 is 2.41 bits per heavy atom. The topological polar surface area (TPSA) is 84.9 Å². The molecule has 1 heterocycles. The molecule has 118 valence electrons. The van der Waals surface area contributed by atoms with E-state index in [2.05, 4.69) is 5.32 Å². The van der Waals surface area contributed by atoms with Crippen LogP contribution >= 0.6 is 0 Å². The minimum Gasteiger partial charge on any atom is -0.488 e. The lowest BCUT2D eigenvalue weighted by Crippen LogP contribution is -2.41. The normalized spacial score (nSPS) is 27.0. The van der Waals surface area contributed by atoms with Gasteiger partial charge in [0, 0.05) is 12.1 Å². The van der Waals surface area contributed by atoms with Crippen LogP contribution in [0.5, 0.6) is 5.75 Å². The number of carboxylic acids is 1. The Morgan fingerprint density at radius 1 is 1.14 bits per heavy atom. The first-order valence-electron chi connectivity index (χ1n) is 7.51. The molecule has 2 aliphatic rings. The second-order valence-corrected chi connectivity index (χ2v) is 5.75. The second kappa shape index (κ2) is 6.36. The molecule has 22 heavy (non-hydrogen) atoms. The van der Waals surface area contributed by atoms with E-state index in [1.807, 2.05) is 0 Å². The fourth-order valence-corrected chi connectivity index (χ4v) is 2.76. The number of carbonyl (C=O) groups excluding carboxylic acids is 1. The molecular formula is C16H19NO5. The van der Waals surface area contributed by atoms with Gasteiger partial charge in [-0.05, 0) is 37.1 Å². The number of benzene rings is 1. The fraction of sp³-hybridized carbons (Fsp3) is 0.500. The molecule has 6 nitrogen and oxygen atoms in total. The number of nitrogens with one attached hydrogen (secondary N) is 1. The minimum absolute atomic E-state index is 0.0896. The van der Waals surface area contributed by atoms with Crippen LogP contribution in [0.3, 0.4) is 0 Å². The molecule has 2 N–H and O–H groups in total. The summed E-state index contributed by atoms with van der Waals surface area (Å²) in [5.41, 5.74) is 0.649. The number of rotatable bonds is 5. The zero-order valence-corrected chi connectivity index (χ0v) is 12.2. The molecule has 1 aliphatic heterocycles. The molecule has 1 aliphatic carbocycles. The van der Waals surface area contributed by atoms with Gasteiger partial charge in [0.15, 0.2) is 0 Å². The second-order valence-electron chi connectivity index (χ2n) is 5.75. The molecule has 0 spiro atoms. The van der Waals surface area contributed by atoms with Crippen molar-refractivity contribution in [1.82, 2.24) is 0 Å². The average Bonchev–Trinajstić information content (AvgIpc) is 2.92. The van der Waals surface area contributed by atoms with Crippen molar-refractivity contribution >= 4 is 17.6 Å². The van der Waals surface area contributed by atoms with Gasteiger partial charge in [0.05, 0.1) is 25.0 Å².